The van der Waals surface area contributed by atoms with E-state index >= 15 is 0 Å². The van der Waals surface area contributed by atoms with E-state index in [1.165, 1.54) is 6.07 Å². The molecule has 0 aliphatic carbocycles. The van der Waals surface area contributed by atoms with E-state index in [1.54, 1.807) is 0 Å². The summed E-state index contributed by atoms with van der Waals surface area (Å²) in [5, 5.41) is 3.22. The van der Waals surface area contributed by atoms with Crippen LogP contribution in [-0.4, -0.2) is 19.3 Å². The van der Waals surface area contributed by atoms with Crippen LogP contribution >= 0.6 is 15.9 Å². The van der Waals surface area contributed by atoms with Gasteiger partial charge in [0.15, 0.2) is 0 Å². The maximum atomic E-state index is 12.6. The summed E-state index contributed by atoms with van der Waals surface area (Å²) in [5.41, 5.74) is -0.0303. The molecule has 1 N–H and O–H groups in total. The van der Waals surface area contributed by atoms with Crippen molar-refractivity contribution in [3.05, 3.63) is 28.2 Å². The fourth-order valence-electron chi connectivity index (χ4n) is 1.65. The molecule has 0 fully saturated rings. The molecule has 1 unspecified atom stereocenters. The van der Waals surface area contributed by atoms with Crippen LogP contribution < -0.4 is 5.32 Å². The summed E-state index contributed by atoms with van der Waals surface area (Å²) in [5.74, 6) is 0.302. The lowest BCUT2D eigenvalue weighted by molar-refractivity contribution is -0.137. The van der Waals surface area contributed by atoms with Gasteiger partial charge in [0, 0.05) is 16.8 Å². The third kappa shape index (κ3) is 4.98. The van der Waals surface area contributed by atoms with Crippen LogP contribution in [0.5, 0.6) is 0 Å². The van der Waals surface area contributed by atoms with Gasteiger partial charge in [-0.3, -0.25) is 0 Å². The first-order valence-electron chi connectivity index (χ1n) is 6.46. The van der Waals surface area contributed by atoms with Gasteiger partial charge in [-0.15, -0.1) is 0 Å². The molecular formula is C14H19BrF3NO. The summed E-state index contributed by atoms with van der Waals surface area (Å²) >= 11 is 3.18. The molecule has 0 aliphatic rings. The van der Waals surface area contributed by atoms with E-state index in [9.17, 15) is 13.2 Å². The fraction of sp³-hybridized carbons (Fsp3) is 0.571. The number of nitrogens with one attached hydrogen (secondary N) is 1. The fourth-order valence-corrected chi connectivity index (χ4v) is 2.15. The van der Waals surface area contributed by atoms with E-state index < -0.39 is 11.7 Å². The SMILES string of the molecule is CCOCC(Nc1ccc(C(F)(F)F)cc1Br)C(C)C. The summed E-state index contributed by atoms with van der Waals surface area (Å²) in [4.78, 5) is 0. The van der Waals surface area contributed by atoms with Gasteiger partial charge in [0.1, 0.15) is 0 Å². The molecule has 0 amide bonds. The van der Waals surface area contributed by atoms with E-state index in [0.29, 0.717) is 29.3 Å². The summed E-state index contributed by atoms with van der Waals surface area (Å²) in [6.07, 6.45) is -4.33. The van der Waals surface area contributed by atoms with Gasteiger partial charge >= 0.3 is 6.18 Å². The van der Waals surface area contributed by atoms with Crippen molar-refractivity contribution in [2.24, 2.45) is 5.92 Å². The highest BCUT2D eigenvalue weighted by atomic mass is 79.9. The Hall–Kier alpha value is -0.750. The zero-order chi connectivity index (χ0) is 15.3. The Morgan fingerprint density at radius 2 is 1.95 bits per heavy atom. The van der Waals surface area contributed by atoms with Crippen LogP contribution in [0.15, 0.2) is 22.7 Å². The highest BCUT2D eigenvalue weighted by molar-refractivity contribution is 9.10. The van der Waals surface area contributed by atoms with Crippen molar-refractivity contribution in [1.82, 2.24) is 0 Å². The number of hydrogen-bond donors (Lipinski definition) is 1. The van der Waals surface area contributed by atoms with E-state index in [1.807, 2.05) is 20.8 Å². The van der Waals surface area contributed by atoms with Gasteiger partial charge < -0.3 is 10.1 Å². The number of rotatable bonds is 6. The van der Waals surface area contributed by atoms with E-state index in [2.05, 4.69) is 21.2 Å². The number of benzene rings is 1. The zero-order valence-electron chi connectivity index (χ0n) is 11.7. The van der Waals surface area contributed by atoms with Gasteiger partial charge in [0.25, 0.3) is 0 Å². The molecule has 0 aromatic heterocycles. The van der Waals surface area contributed by atoms with Crippen LogP contribution in [0.25, 0.3) is 0 Å². The third-order valence-electron chi connectivity index (χ3n) is 2.94. The molecule has 0 bridgehead atoms. The first-order chi connectivity index (χ1) is 9.25. The molecule has 114 valence electrons. The lowest BCUT2D eigenvalue weighted by Crippen LogP contribution is -2.31. The summed E-state index contributed by atoms with van der Waals surface area (Å²) in [6, 6.07) is 3.64. The quantitative estimate of drug-likeness (QED) is 0.781. The molecule has 1 atom stereocenters. The van der Waals surface area contributed by atoms with Crippen molar-refractivity contribution in [1.29, 1.82) is 0 Å². The van der Waals surface area contributed by atoms with E-state index in [4.69, 9.17) is 4.74 Å². The first-order valence-corrected chi connectivity index (χ1v) is 7.26. The van der Waals surface area contributed by atoms with E-state index in [-0.39, 0.29) is 6.04 Å². The lowest BCUT2D eigenvalue weighted by atomic mass is 10.0. The van der Waals surface area contributed by atoms with Crippen molar-refractivity contribution in [3.63, 3.8) is 0 Å². The number of hydrogen-bond acceptors (Lipinski definition) is 2. The molecule has 6 heteroatoms. The zero-order valence-corrected chi connectivity index (χ0v) is 13.3. The number of halogens is 4. The van der Waals surface area contributed by atoms with Crippen LogP contribution in [0, 0.1) is 5.92 Å². The predicted molar refractivity (Wildman–Crippen MR) is 77.9 cm³/mol. The van der Waals surface area contributed by atoms with Crippen molar-refractivity contribution < 1.29 is 17.9 Å². The Morgan fingerprint density at radius 3 is 2.40 bits per heavy atom. The molecule has 20 heavy (non-hydrogen) atoms. The van der Waals surface area contributed by atoms with Gasteiger partial charge in [-0.1, -0.05) is 13.8 Å². The largest absolute Gasteiger partial charge is 0.416 e. The standard InChI is InChI=1S/C14H19BrF3NO/c1-4-20-8-13(9(2)3)19-12-6-5-10(7-11(12)15)14(16,17)18/h5-7,9,13,19H,4,8H2,1-3H3. The van der Waals surface area contributed by atoms with E-state index in [0.717, 1.165) is 12.1 Å². The highest BCUT2D eigenvalue weighted by Gasteiger charge is 2.31. The smallest absolute Gasteiger partial charge is 0.380 e. The Morgan fingerprint density at radius 1 is 1.30 bits per heavy atom. The average molecular weight is 354 g/mol. The second-order valence-electron chi connectivity index (χ2n) is 4.85. The van der Waals surface area contributed by atoms with Crippen LogP contribution in [0.4, 0.5) is 18.9 Å². The minimum Gasteiger partial charge on any atom is -0.380 e. The molecule has 0 aliphatic heterocycles. The lowest BCUT2D eigenvalue weighted by Gasteiger charge is -2.24. The van der Waals surface area contributed by atoms with Gasteiger partial charge in [-0.25, -0.2) is 0 Å². The Bertz CT molecular complexity index is 435. The Kier molecular flexibility index (Phi) is 6.33. The predicted octanol–water partition coefficient (Wildman–Crippen LogP) is 4.94. The second-order valence-corrected chi connectivity index (χ2v) is 5.70. The minimum absolute atomic E-state index is 0.0444. The molecule has 1 aromatic carbocycles. The van der Waals surface area contributed by atoms with Crippen LogP contribution in [0.1, 0.15) is 26.3 Å². The van der Waals surface area contributed by atoms with Crippen molar-refractivity contribution in [2.45, 2.75) is 33.0 Å². The normalized spacial score (nSPS) is 13.6. The molecule has 0 radical (unpaired) electrons. The molecule has 2 nitrogen and oxygen atoms in total. The van der Waals surface area contributed by atoms with Crippen molar-refractivity contribution in [2.75, 3.05) is 18.5 Å². The first kappa shape index (κ1) is 17.3. The molecule has 0 heterocycles. The Balaban J connectivity index is 2.86. The van der Waals surface area contributed by atoms with Crippen LogP contribution in [-0.2, 0) is 10.9 Å². The molecule has 1 rings (SSSR count). The summed E-state index contributed by atoms with van der Waals surface area (Å²) in [6.45, 7) is 7.11. The monoisotopic (exact) mass is 353 g/mol. The van der Waals surface area contributed by atoms with Crippen molar-refractivity contribution >= 4 is 21.6 Å². The number of ether oxygens (including phenoxy) is 1. The molecule has 1 aromatic rings. The molecule has 0 saturated carbocycles. The maximum Gasteiger partial charge on any atom is 0.416 e. The third-order valence-corrected chi connectivity index (χ3v) is 3.60. The van der Waals surface area contributed by atoms with Gasteiger partial charge in [-0.05, 0) is 47.0 Å². The van der Waals surface area contributed by atoms with Gasteiger partial charge in [-0.2, -0.15) is 13.2 Å². The molecule has 0 saturated heterocycles. The highest BCUT2D eigenvalue weighted by Crippen LogP contribution is 2.34. The summed E-state index contributed by atoms with van der Waals surface area (Å²) < 4.78 is 43.6. The van der Waals surface area contributed by atoms with Crippen LogP contribution in [0.2, 0.25) is 0 Å². The Labute approximate surface area is 125 Å². The van der Waals surface area contributed by atoms with Gasteiger partial charge in [0.05, 0.1) is 18.2 Å². The number of alkyl halides is 3. The topological polar surface area (TPSA) is 21.3 Å². The average Bonchev–Trinajstić information content (AvgIpc) is 2.34. The van der Waals surface area contributed by atoms with Crippen molar-refractivity contribution in [3.8, 4) is 0 Å². The molecular weight excluding hydrogens is 335 g/mol. The summed E-state index contributed by atoms with van der Waals surface area (Å²) in [7, 11) is 0. The molecule has 0 spiro atoms. The maximum absolute atomic E-state index is 12.6. The second kappa shape index (κ2) is 7.31. The minimum atomic E-state index is -4.33. The van der Waals surface area contributed by atoms with Crippen LogP contribution in [0.3, 0.4) is 0 Å². The number of anilines is 1. The van der Waals surface area contributed by atoms with Gasteiger partial charge in [0.2, 0.25) is 0 Å².